The van der Waals surface area contributed by atoms with Crippen LogP contribution in [0.3, 0.4) is 0 Å². The Morgan fingerprint density at radius 2 is 2.07 bits per heavy atom. The van der Waals surface area contributed by atoms with Gasteiger partial charge in [0.1, 0.15) is 5.75 Å². The van der Waals surface area contributed by atoms with Gasteiger partial charge < -0.3 is 5.73 Å². The minimum absolute atomic E-state index is 0.0704. The average Bonchev–Trinajstić information content (AvgIpc) is 2.07. The second-order valence-electron chi connectivity index (χ2n) is 2.89. The van der Waals surface area contributed by atoms with Gasteiger partial charge in [0.25, 0.3) is 0 Å². The van der Waals surface area contributed by atoms with Gasteiger partial charge in [0, 0.05) is 16.6 Å². The van der Waals surface area contributed by atoms with Crippen LogP contribution in [0.2, 0.25) is 0 Å². The lowest BCUT2D eigenvalue weighted by molar-refractivity contribution is -0.115. The van der Waals surface area contributed by atoms with Gasteiger partial charge in [0.2, 0.25) is 5.91 Å². The summed E-state index contributed by atoms with van der Waals surface area (Å²) >= 11 is 2.57. The molecule has 2 radical (unpaired) electrons. The molecule has 1 atom stereocenters. The molecule has 14 heavy (non-hydrogen) atoms. The van der Waals surface area contributed by atoms with Crippen molar-refractivity contribution in [1.29, 1.82) is 0 Å². The van der Waals surface area contributed by atoms with Crippen molar-refractivity contribution in [2.75, 3.05) is 5.75 Å². The number of benzene rings is 1. The van der Waals surface area contributed by atoms with Crippen LogP contribution in [-0.2, 0) is 21.3 Å². The number of amides is 1. The highest BCUT2D eigenvalue weighted by atomic mass is 32.2. The number of carbonyl (C=O) groups is 1. The van der Waals surface area contributed by atoms with Gasteiger partial charge in [-0.1, -0.05) is 29.8 Å². The molecule has 1 rings (SSSR count). The normalized spacial score (nSPS) is 12.3. The standard InChI is InChI=1S/C9H10NO2S.Al/c10-9(11)7-13(12)6-8-4-2-1-3-5-8;/h1-4H,6-7H2,(H2,10,11);. The Morgan fingerprint density at radius 3 is 2.64 bits per heavy atom. The summed E-state index contributed by atoms with van der Waals surface area (Å²) in [6, 6.07) is 7.59. The number of rotatable bonds is 4. The second kappa shape index (κ2) is 5.30. The largest absolute Gasteiger partial charge is 0.369 e. The van der Waals surface area contributed by atoms with Crippen molar-refractivity contribution in [3.05, 3.63) is 29.8 Å². The molecule has 1 amide bonds. The molecule has 0 heterocycles. The molecule has 0 aliphatic heterocycles. The highest BCUT2D eigenvalue weighted by Crippen LogP contribution is 1.99. The van der Waals surface area contributed by atoms with Crippen LogP contribution < -0.4 is 10.2 Å². The zero-order chi connectivity index (χ0) is 10.6. The molecule has 3 nitrogen and oxygen atoms in total. The Balaban J connectivity index is 2.65. The van der Waals surface area contributed by atoms with Crippen molar-refractivity contribution < 1.29 is 9.00 Å². The van der Waals surface area contributed by atoms with Crippen LogP contribution in [-0.4, -0.2) is 32.2 Å². The van der Waals surface area contributed by atoms with Gasteiger partial charge in [-0.15, -0.1) is 4.43 Å². The molecular weight excluding hydrogens is 213 g/mol. The molecule has 5 heteroatoms. The van der Waals surface area contributed by atoms with Gasteiger partial charge in [-0.25, -0.2) is 0 Å². The number of hydrogen-bond donors (Lipinski definition) is 1. The summed E-state index contributed by atoms with van der Waals surface area (Å²) in [4.78, 5) is 10.5. The Labute approximate surface area is 93.6 Å². The monoisotopic (exact) mass is 223 g/mol. The Hall–Kier alpha value is -0.628. The molecule has 0 aromatic heterocycles. The average molecular weight is 223 g/mol. The fourth-order valence-corrected chi connectivity index (χ4v) is 2.54. The van der Waals surface area contributed by atoms with E-state index >= 15 is 0 Å². The molecule has 0 fully saturated rings. The zero-order valence-corrected chi connectivity index (χ0v) is 9.57. The lowest BCUT2D eigenvalue weighted by Crippen LogP contribution is -2.21. The van der Waals surface area contributed by atoms with Gasteiger partial charge >= 0.3 is 0 Å². The van der Waals surface area contributed by atoms with Gasteiger partial charge in [0.05, 0.1) is 0 Å². The molecule has 0 bridgehead atoms. The van der Waals surface area contributed by atoms with E-state index in [0.717, 1.165) is 9.99 Å². The number of nitrogens with two attached hydrogens (primary N) is 1. The molecule has 2 N–H and O–H groups in total. The van der Waals surface area contributed by atoms with E-state index in [2.05, 4.69) is 16.3 Å². The van der Waals surface area contributed by atoms with Crippen LogP contribution in [0.5, 0.6) is 0 Å². The van der Waals surface area contributed by atoms with E-state index in [4.69, 9.17) is 5.73 Å². The van der Waals surface area contributed by atoms with E-state index < -0.39 is 16.7 Å². The molecule has 1 unspecified atom stereocenters. The first-order chi connectivity index (χ1) is 6.59. The fourth-order valence-electron chi connectivity index (χ4n) is 1.05. The Morgan fingerprint density at radius 1 is 1.43 bits per heavy atom. The molecule has 1 aromatic rings. The van der Waals surface area contributed by atoms with Crippen LogP contribution in [0, 0.1) is 0 Å². The van der Waals surface area contributed by atoms with E-state index in [0.29, 0.717) is 5.75 Å². The molecule has 0 spiro atoms. The van der Waals surface area contributed by atoms with Gasteiger partial charge in [-0.2, -0.15) is 0 Å². The SMILES string of the molecule is NC(=O)CS(=O)Cc1cccc[c]1[Al]. The van der Waals surface area contributed by atoms with E-state index in [1.807, 2.05) is 24.3 Å². The maximum atomic E-state index is 11.4. The minimum Gasteiger partial charge on any atom is -0.369 e. The highest BCUT2D eigenvalue weighted by molar-refractivity contribution is 7.84. The first kappa shape index (κ1) is 11.4. The molecule has 0 aliphatic rings. The third kappa shape index (κ3) is 3.62. The summed E-state index contributed by atoms with van der Waals surface area (Å²) in [5, 5.41) is 0. The smallest absolute Gasteiger partial charge is 0.230 e. The summed E-state index contributed by atoms with van der Waals surface area (Å²) < 4.78 is 12.4. The van der Waals surface area contributed by atoms with Crippen LogP contribution in [0.1, 0.15) is 5.56 Å². The summed E-state index contributed by atoms with van der Waals surface area (Å²) in [7, 11) is -1.20. The lowest BCUT2D eigenvalue weighted by Gasteiger charge is -2.04. The summed E-state index contributed by atoms with van der Waals surface area (Å²) in [5.41, 5.74) is 5.92. The Kier molecular flexibility index (Phi) is 4.34. The van der Waals surface area contributed by atoms with Crippen LogP contribution in [0.25, 0.3) is 0 Å². The predicted molar refractivity (Wildman–Crippen MR) is 57.7 cm³/mol. The summed E-state index contributed by atoms with van der Waals surface area (Å²) in [6.45, 7) is 0. The zero-order valence-electron chi connectivity index (χ0n) is 7.60. The van der Waals surface area contributed by atoms with E-state index in [9.17, 15) is 9.00 Å². The number of primary amides is 1. The third-order valence-electron chi connectivity index (χ3n) is 1.67. The maximum absolute atomic E-state index is 11.4. The van der Waals surface area contributed by atoms with Crippen molar-refractivity contribution in [2.24, 2.45) is 5.73 Å². The summed E-state index contributed by atoms with van der Waals surface area (Å²) in [6.07, 6.45) is 0. The Bertz CT molecular complexity index is 368. The third-order valence-corrected chi connectivity index (χ3v) is 3.48. The first-order valence-electron chi connectivity index (χ1n) is 4.06. The maximum Gasteiger partial charge on any atom is 0.230 e. The molecule has 72 valence electrons. The van der Waals surface area contributed by atoms with Crippen LogP contribution in [0.4, 0.5) is 0 Å². The quantitative estimate of drug-likeness (QED) is 0.680. The summed E-state index contributed by atoms with van der Waals surface area (Å²) in [5.74, 6) is -0.216. The topological polar surface area (TPSA) is 60.2 Å². The molecule has 1 aromatic carbocycles. The lowest BCUT2D eigenvalue weighted by atomic mass is 10.2. The van der Waals surface area contributed by atoms with Gasteiger partial charge in [-0.3, -0.25) is 9.00 Å². The van der Waals surface area contributed by atoms with E-state index in [1.54, 1.807) is 0 Å². The molecular formula is C9H10AlNO2S. The van der Waals surface area contributed by atoms with E-state index in [1.165, 1.54) is 0 Å². The molecule has 0 saturated heterocycles. The van der Waals surface area contributed by atoms with Crippen LogP contribution in [0.15, 0.2) is 24.3 Å². The van der Waals surface area contributed by atoms with Crippen molar-refractivity contribution in [3.8, 4) is 0 Å². The number of hydrogen-bond acceptors (Lipinski definition) is 2. The second-order valence-corrected chi connectivity index (χ2v) is 4.97. The van der Waals surface area contributed by atoms with Crippen molar-refractivity contribution in [3.63, 3.8) is 0 Å². The minimum atomic E-state index is -1.20. The van der Waals surface area contributed by atoms with E-state index in [-0.39, 0.29) is 5.75 Å². The van der Waals surface area contributed by atoms with Crippen LogP contribution >= 0.6 is 0 Å². The molecule has 0 aliphatic carbocycles. The van der Waals surface area contributed by atoms with Crippen molar-refractivity contribution in [1.82, 2.24) is 0 Å². The van der Waals surface area contributed by atoms with Crippen molar-refractivity contribution >= 4 is 37.4 Å². The number of carbonyl (C=O) groups excluding carboxylic acids is 1. The predicted octanol–water partition coefficient (Wildman–Crippen LogP) is -0.786. The highest BCUT2D eigenvalue weighted by Gasteiger charge is 2.05. The van der Waals surface area contributed by atoms with Crippen molar-refractivity contribution in [2.45, 2.75) is 5.75 Å². The first-order valence-corrected chi connectivity index (χ1v) is 6.13. The fraction of sp³-hybridized carbons (Fsp3) is 0.222. The molecule has 0 saturated carbocycles. The van der Waals surface area contributed by atoms with Gasteiger partial charge in [-0.05, 0) is 0 Å². The van der Waals surface area contributed by atoms with Gasteiger partial charge in [0.15, 0.2) is 16.3 Å².